The first-order valence-electron chi connectivity index (χ1n) is 6.05. The van der Waals surface area contributed by atoms with Crippen LogP contribution in [0, 0.1) is 6.92 Å². The van der Waals surface area contributed by atoms with E-state index in [-0.39, 0.29) is 5.91 Å². The molecule has 2 heterocycles. The van der Waals surface area contributed by atoms with Crippen LogP contribution in [0.4, 0.5) is 5.69 Å². The molecular weight excluding hydrogens is 292 g/mol. The maximum Gasteiger partial charge on any atom is 0.257 e. The predicted octanol–water partition coefficient (Wildman–Crippen LogP) is 4.51. The second-order valence-electron chi connectivity index (χ2n) is 4.43. The van der Waals surface area contributed by atoms with Gasteiger partial charge in [0.05, 0.1) is 17.4 Å². The van der Waals surface area contributed by atoms with Gasteiger partial charge < -0.3 is 5.32 Å². The molecule has 1 aromatic carbocycles. The number of anilines is 1. The number of carbonyl (C=O) groups excluding carboxylic acids is 1. The summed E-state index contributed by atoms with van der Waals surface area (Å²) in [5, 5.41) is 6.14. The molecule has 0 radical (unpaired) electrons. The Bertz CT molecular complexity index is 797. The Labute approximate surface area is 125 Å². The van der Waals surface area contributed by atoms with Gasteiger partial charge in [-0.1, -0.05) is 29.8 Å². The molecule has 0 aliphatic carbocycles. The summed E-state index contributed by atoms with van der Waals surface area (Å²) in [6.45, 7) is 1.85. The van der Waals surface area contributed by atoms with E-state index < -0.39 is 0 Å². The topological polar surface area (TPSA) is 42.0 Å². The molecule has 3 rings (SSSR count). The first-order chi connectivity index (χ1) is 9.65. The van der Waals surface area contributed by atoms with Gasteiger partial charge in [0.2, 0.25) is 0 Å². The van der Waals surface area contributed by atoms with Crippen LogP contribution >= 0.6 is 22.9 Å². The van der Waals surface area contributed by atoms with Gasteiger partial charge in [0.15, 0.2) is 0 Å². The molecule has 1 amide bonds. The van der Waals surface area contributed by atoms with Crippen LogP contribution in [0.15, 0.2) is 41.9 Å². The van der Waals surface area contributed by atoms with E-state index in [4.69, 9.17) is 11.6 Å². The fraction of sp³-hybridized carbons (Fsp3) is 0.0667. The largest absolute Gasteiger partial charge is 0.321 e. The third-order valence-electron chi connectivity index (χ3n) is 3.00. The van der Waals surface area contributed by atoms with Gasteiger partial charge in [-0.2, -0.15) is 0 Å². The van der Waals surface area contributed by atoms with Crippen LogP contribution in [-0.2, 0) is 0 Å². The first kappa shape index (κ1) is 13.1. The van der Waals surface area contributed by atoms with Gasteiger partial charge in [0, 0.05) is 15.5 Å². The van der Waals surface area contributed by atoms with E-state index in [0.29, 0.717) is 16.4 Å². The average molecular weight is 303 g/mol. The highest BCUT2D eigenvalue weighted by Gasteiger charge is 2.12. The minimum atomic E-state index is -0.133. The Hall–Kier alpha value is -1.91. The van der Waals surface area contributed by atoms with Crippen molar-refractivity contribution in [3.8, 4) is 0 Å². The molecule has 0 aliphatic rings. The molecule has 0 aliphatic heterocycles. The van der Waals surface area contributed by atoms with E-state index in [2.05, 4.69) is 10.3 Å². The summed E-state index contributed by atoms with van der Waals surface area (Å²) in [7, 11) is 0. The second-order valence-corrected chi connectivity index (χ2v) is 5.70. The molecule has 2 aromatic heterocycles. The number of benzene rings is 1. The van der Waals surface area contributed by atoms with Crippen LogP contribution in [0.25, 0.3) is 10.1 Å². The van der Waals surface area contributed by atoms with Crippen molar-refractivity contribution in [2.24, 2.45) is 0 Å². The molecule has 3 nitrogen and oxygen atoms in total. The monoisotopic (exact) mass is 302 g/mol. The van der Waals surface area contributed by atoms with Gasteiger partial charge in [0.1, 0.15) is 5.15 Å². The second kappa shape index (κ2) is 5.23. The van der Waals surface area contributed by atoms with Crippen molar-refractivity contribution in [1.29, 1.82) is 0 Å². The van der Waals surface area contributed by atoms with Crippen molar-refractivity contribution in [2.45, 2.75) is 6.92 Å². The van der Waals surface area contributed by atoms with E-state index in [1.165, 1.54) is 0 Å². The smallest absolute Gasteiger partial charge is 0.257 e. The molecule has 1 N–H and O–H groups in total. The van der Waals surface area contributed by atoms with Gasteiger partial charge in [-0.3, -0.25) is 4.79 Å². The number of aromatic nitrogens is 1. The number of nitrogens with zero attached hydrogens (tertiary/aromatic N) is 1. The summed E-state index contributed by atoms with van der Waals surface area (Å²) in [5.74, 6) is -0.133. The number of amides is 1. The van der Waals surface area contributed by atoms with E-state index in [1.807, 2.05) is 42.6 Å². The lowest BCUT2D eigenvalue weighted by Crippen LogP contribution is -2.11. The highest BCUT2D eigenvalue weighted by atomic mass is 35.5. The molecule has 0 saturated carbocycles. The highest BCUT2D eigenvalue weighted by Crippen LogP contribution is 2.26. The van der Waals surface area contributed by atoms with Crippen LogP contribution in [-0.4, -0.2) is 10.9 Å². The number of nitrogens with one attached hydrogen (secondary N) is 1. The standard InChI is InChI=1S/C15H11ClN2OS/c1-9-6-10(7-17-14(9)16)18-15(19)12-8-20-13-5-3-2-4-11(12)13/h2-8H,1H3,(H,18,19). The van der Waals surface area contributed by atoms with Crippen molar-refractivity contribution >= 4 is 44.6 Å². The summed E-state index contributed by atoms with van der Waals surface area (Å²) < 4.78 is 1.10. The Morgan fingerprint density at radius 1 is 1.35 bits per heavy atom. The molecule has 0 bridgehead atoms. The maximum absolute atomic E-state index is 12.3. The number of carbonyl (C=O) groups is 1. The zero-order chi connectivity index (χ0) is 14.1. The van der Waals surface area contributed by atoms with E-state index >= 15 is 0 Å². The molecule has 0 saturated heterocycles. The first-order valence-corrected chi connectivity index (χ1v) is 7.30. The average Bonchev–Trinajstić information content (AvgIpc) is 2.87. The SMILES string of the molecule is Cc1cc(NC(=O)c2csc3ccccc23)cnc1Cl. The zero-order valence-electron chi connectivity index (χ0n) is 10.7. The van der Waals surface area contributed by atoms with Crippen molar-refractivity contribution in [2.75, 3.05) is 5.32 Å². The van der Waals surface area contributed by atoms with Crippen LogP contribution in [0.2, 0.25) is 5.15 Å². The lowest BCUT2D eigenvalue weighted by molar-refractivity contribution is 0.102. The predicted molar refractivity (Wildman–Crippen MR) is 83.8 cm³/mol. The Morgan fingerprint density at radius 3 is 2.95 bits per heavy atom. The third-order valence-corrected chi connectivity index (χ3v) is 4.36. The minimum absolute atomic E-state index is 0.133. The summed E-state index contributed by atoms with van der Waals surface area (Å²) in [6, 6.07) is 9.66. The van der Waals surface area contributed by atoms with E-state index in [9.17, 15) is 4.79 Å². The molecule has 0 spiro atoms. The van der Waals surface area contributed by atoms with Gasteiger partial charge in [-0.15, -0.1) is 11.3 Å². The fourth-order valence-electron chi connectivity index (χ4n) is 1.98. The van der Waals surface area contributed by atoms with Gasteiger partial charge in [0.25, 0.3) is 5.91 Å². The van der Waals surface area contributed by atoms with Crippen molar-refractivity contribution in [3.05, 3.63) is 58.2 Å². The Morgan fingerprint density at radius 2 is 2.15 bits per heavy atom. The van der Waals surface area contributed by atoms with Crippen molar-refractivity contribution in [1.82, 2.24) is 4.98 Å². The lowest BCUT2D eigenvalue weighted by atomic mass is 10.1. The minimum Gasteiger partial charge on any atom is -0.321 e. The molecule has 0 unspecified atom stereocenters. The number of fused-ring (bicyclic) bond motifs is 1. The van der Waals surface area contributed by atoms with Crippen LogP contribution in [0.1, 0.15) is 15.9 Å². The molecule has 5 heteroatoms. The molecule has 0 fully saturated rings. The lowest BCUT2D eigenvalue weighted by Gasteiger charge is -2.05. The normalized spacial score (nSPS) is 10.7. The molecule has 3 aromatic rings. The number of hydrogen-bond acceptors (Lipinski definition) is 3. The third kappa shape index (κ3) is 2.40. The van der Waals surface area contributed by atoms with Gasteiger partial charge >= 0.3 is 0 Å². The zero-order valence-corrected chi connectivity index (χ0v) is 12.3. The summed E-state index contributed by atoms with van der Waals surface area (Å²) >= 11 is 7.43. The summed E-state index contributed by atoms with van der Waals surface area (Å²) in [6.07, 6.45) is 1.56. The number of pyridine rings is 1. The van der Waals surface area contributed by atoms with Crippen LogP contribution < -0.4 is 5.32 Å². The van der Waals surface area contributed by atoms with E-state index in [0.717, 1.165) is 15.6 Å². The Kier molecular flexibility index (Phi) is 3.42. The molecule has 20 heavy (non-hydrogen) atoms. The number of thiophene rings is 1. The maximum atomic E-state index is 12.3. The number of halogens is 1. The fourth-order valence-corrected chi connectivity index (χ4v) is 3.02. The number of rotatable bonds is 2. The summed E-state index contributed by atoms with van der Waals surface area (Å²) in [4.78, 5) is 16.3. The van der Waals surface area contributed by atoms with Crippen LogP contribution in [0.3, 0.4) is 0 Å². The Balaban J connectivity index is 1.91. The quantitative estimate of drug-likeness (QED) is 0.708. The van der Waals surface area contributed by atoms with Crippen molar-refractivity contribution < 1.29 is 4.79 Å². The number of hydrogen-bond donors (Lipinski definition) is 1. The summed E-state index contributed by atoms with van der Waals surface area (Å²) in [5.41, 5.74) is 2.16. The van der Waals surface area contributed by atoms with E-state index in [1.54, 1.807) is 17.5 Å². The molecular formula is C15H11ClN2OS. The van der Waals surface area contributed by atoms with Gasteiger partial charge in [-0.05, 0) is 24.6 Å². The highest BCUT2D eigenvalue weighted by molar-refractivity contribution is 7.17. The van der Waals surface area contributed by atoms with Crippen molar-refractivity contribution in [3.63, 3.8) is 0 Å². The molecule has 100 valence electrons. The molecule has 0 atom stereocenters. The van der Waals surface area contributed by atoms with Crippen LogP contribution in [0.5, 0.6) is 0 Å². The number of aryl methyl sites for hydroxylation is 1. The van der Waals surface area contributed by atoms with Gasteiger partial charge in [-0.25, -0.2) is 4.98 Å².